The average Bonchev–Trinajstić information content (AvgIpc) is 3.13. The van der Waals surface area contributed by atoms with Gasteiger partial charge in [-0.3, -0.25) is 4.90 Å². The van der Waals surface area contributed by atoms with Crippen LogP contribution in [0.4, 0.5) is 0 Å². The Morgan fingerprint density at radius 3 is 2.28 bits per heavy atom. The highest BCUT2D eigenvalue weighted by Gasteiger charge is 2.44. The molecule has 0 spiro atoms. The van der Waals surface area contributed by atoms with Crippen LogP contribution in [-0.4, -0.2) is 48.6 Å². The van der Waals surface area contributed by atoms with E-state index < -0.39 is 0 Å². The molecule has 0 aromatic rings. The minimum absolute atomic E-state index is 0.0844. The van der Waals surface area contributed by atoms with Gasteiger partial charge in [-0.05, 0) is 24.7 Å². The van der Waals surface area contributed by atoms with Crippen LogP contribution in [0, 0.1) is 28.1 Å². The molecule has 0 amide bonds. The van der Waals surface area contributed by atoms with Crippen molar-refractivity contribution in [1.29, 1.82) is 10.5 Å². The Morgan fingerprint density at radius 2 is 1.83 bits per heavy atom. The average molecular weight is 246 g/mol. The monoisotopic (exact) mass is 246 g/mol. The molecular weight excluding hydrogens is 224 g/mol. The molecule has 1 unspecified atom stereocenters. The molecule has 1 saturated heterocycles. The molecule has 2 fully saturated rings. The summed E-state index contributed by atoms with van der Waals surface area (Å²) in [5, 5.41) is 17.9. The molecule has 0 radical (unpaired) electrons. The van der Waals surface area contributed by atoms with E-state index in [0.717, 1.165) is 39.1 Å². The summed E-state index contributed by atoms with van der Waals surface area (Å²) < 4.78 is 0. The molecule has 4 nitrogen and oxygen atoms in total. The fourth-order valence-corrected chi connectivity index (χ4v) is 2.87. The standard InChI is InChI=1S/C14H22N4/c1-2-13(11-16)18-9-7-17(8-10-18)12-14(3-4-14)5-6-15/h13H,2-5,7-10,12H2,1H3. The van der Waals surface area contributed by atoms with Gasteiger partial charge in [0, 0.05) is 39.1 Å². The summed E-state index contributed by atoms with van der Waals surface area (Å²) in [6.07, 6.45) is 4.06. The zero-order chi connectivity index (χ0) is 13.0. The van der Waals surface area contributed by atoms with Crippen molar-refractivity contribution in [2.45, 2.75) is 38.6 Å². The summed E-state index contributed by atoms with van der Waals surface area (Å²) >= 11 is 0. The molecule has 18 heavy (non-hydrogen) atoms. The van der Waals surface area contributed by atoms with Crippen LogP contribution in [0.5, 0.6) is 0 Å². The predicted octanol–water partition coefficient (Wildman–Crippen LogP) is 1.60. The molecule has 0 aromatic heterocycles. The number of rotatable bonds is 5. The van der Waals surface area contributed by atoms with Crippen molar-refractivity contribution >= 4 is 0 Å². The summed E-state index contributed by atoms with van der Waals surface area (Å²) in [6.45, 7) is 7.24. The van der Waals surface area contributed by atoms with Gasteiger partial charge in [0.15, 0.2) is 0 Å². The van der Waals surface area contributed by atoms with Crippen LogP contribution in [-0.2, 0) is 0 Å². The molecule has 0 aromatic carbocycles. The van der Waals surface area contributed by atoms with Crippen molar-refractivity contribution < 1.29 is 0 Å². The third kappa shape index (κ3) is 3.02. The van der Waals surface area contributed by atoms with Crippen molar-refractivity contribution in [2.24, 2.45) is 5.41 Å². The van der Waals surface area contributed by atoms with E-state index in [4.69, 9.17) is 10.5 Å². The largest absolute Gasteiger partial charge is 0.300 e. The van der Waals surface area contributed by atoms with Crippen molar-refractivity contribution in [3.63, 3.8) is 0 Å². The van der Waals surface area contributed by atoms with Gasteiger partial charge < -0.3 is 4.90 Å². The Bertz CT molecular complexity index is 353. The summed E-state index contributed by atoms with van der Waals surface area (Å²) in [6, 6.07) is 4.79. The third-order valence-electron chi connectivity index (χ3n) is 4.35. The minimum Gasteiger partial charge on any atom is -0.300 e. The van der Waals surface area contributed by atoms with E-state index in [9.17, 15) is 0 Å². The molecule has 1 heterocycles. The van der Waals surface area contributed by atoms with E-state index in [-0.39, 0.29) is 6.04 Å². The van der Waals surface area contributed by atoms with Crippen LogP contribution < -0.4 is 0 Å². The predicted molar refractivity (Wildman–Crippen MR) is 69.6 cm³/mol. The maximum absolute atomic E-state index is 9.07. The van der Waals surface area contributed by atoms with Gasteiger partial charge in [0.1, 0.15) is 0 Å². The maximum Gasteiger partial charge on any atom is 0.0976 e. The van der Waals surface area contributed by atoms with Crippen LogP contribution in [0.25, 0.3) is 0 Å². The number of nitrogens with zero attached hydrogens (tertiary/aromatic N) is 4. The quantitative estimate of drug-likeness (QED) is 0.739. The number of nitriles is 2. The molecule has 1 aliphatic carbocycles. The first-order valence-electron chi connectivity index (χ1n) is 6.96. The Kier molecular flexibility index (Phi) is 4.22. The van der Waals surface area contributed by atoms with Crippen molar-refractivity contribution in [3.05, 3.63) is 0 Å². The molecule has 1 saturated carbocycles. The van der Waals surface area contributed by atoms with Crippen molar-refractivity contribution in [2.75, 3.05) is 32.7 Å². The van der Waals surface area contributed by atoms with Crippen LogP contribution in [0.15, 0.2) is 0 Å². The Balaban J connectivity index is 1.77. The second kappa shape index (κ2) is 5.69. The number of hydrogen-bond donors (Lipinski definition) is 0. The van der Waals surface area contributed by atoms with E-state index in [1.165, 1.54) is 12.8 Å². The van der Waals surface area contributed by atoms with Gasteiger partial charge in [-0.25, -0.2) is 0 Å². The van der Waals surface area contributed by atoms with E-state index in [1.807, 2.05) is 0 Å². The first-order chi connectivity index (χ1) is 8.73. The van der Waals surface area contributed by atoms with Gasteiger partial charge in [-0.2, -0.15) is 10.5 Å². The molecule has 0 bridgehead atoms. The zero-order valence-corrected chi connectivity index (χ0v) is 11.2. The lowest BCUT2D eigenvalue weighted by Gasteiger charge is -2.38. The van der Waals surface area contributed by atoms with Crippen LogP contribution in [0.3, 0.4) is 0 Å². The van der Waals surface area contributed by atoms with E-state index in [2.05, 4.69) is 28.9 Å². The van der Waals surface area contributed by atoms with Gasteiger partial charge in [-0.1, -0.05) is 6.92 Å². The lowest BCUT2D eigenvalue weighted by atomic mass is 10.0. The molecule has 1 aliphatic heterocycles. The summed E-state index contributed by atoms with van der Waals surface area (Å²) in [5.41, 5.74) is 0.316. The lowest BCUT2D eigenvalue weighted by Crippen LogP contribution is -2.51. The molecule has 2 aliphatic rings. The van der Waals surface area contributed by atoms with Gasteiger partial charge in [0.25, 0.3) is 0 Å². The Labute approximate surface area is 110 Å². The summed E-state index contributed by atoms with van der Waals surface area (Å²) in [4.78, 5) is 4.77. The first kappa shape index (κ1) is 13.3. The highest BCUT2D eigenvalue weighted by Crippen LogP contribution is 2.49. The maximum atomic E-state index is 9.07. The van der Waals surface area contributed by atoms with Crippen LogP contribution in [0.1, 0.15) is 32.6 Å². The van der Waals surface area contributed by atoms with Crippen LogP contribution >= 0.6 is 0 Å². The van der Waals surface area contributed by atoms with Gasteiger partial charge in [-0.15, -0.1) is 0 Å². The van der Waals surface area contributed by atoms with Crippen molar-refractivity contribution in [1.82, 2.24) is 9.80 Å². The second-order valence-electron chi connectivity index (χ2n) is 5.70. The topological polar surface area (TPSA) is 54.1 Å². The van der Waals surface area contributed by atoms with E-state index in [1.54, 1.807) is 0 Å². The van der Waals surface area contributed by atoms with E-state index in [0.29, 0.717) is 11.8 Å². The lowest BCUT2D eigenvalue weighted by molar-refractivity contribution is 0.0971. The molecule has 1 atom stereocenters. The fraction of sp³-hybridized carbons (Fsp3) is 0.857. The SMILES string of the molecule is CCC(C#N)N1CCN(CC2(CC#N)CC2)CC1. The van der Waals surface area contributed by atoms with Crippen molar-refractivity contribution in [3.8, 4) is 12.1 Å². The first-order valence-corrected chi connectivity index (χ1v) is 6.96. The molecule has 4 heteroatoms. The minimum atomic E-state index is 0.0844. The van der Waals surface area contributed by atoms with Gasteiger partial charge >= 0.3 is 0 Å². The summed E-state index contributed by atoms with van der Waals surface area (Å²) in [5.74, 6) is 0. The highest BCUT2D eigenvalue weighted by molar-refractivity contribution is 5.02. The summed E-state index contributed by atoms with van der Waals surface area (Å²) in [7, 11) is 0. The van der Waals surface area contributed by atoms with Crippen LogP contribution in [0.2, 0.25) is 0 Å². The smallest absolute Gasteiger partial charge is 0.0976 e. The van der Waals surface area contributed by atoms with Gasteiger partial charge in [0.05, 0.1) is 18.2 Å². The molecule has 98 valence electrons. The molecule has 2 rings (SSSR count). The fourth-order valence-electron chi connectivity index (χ4n) is 2.87. The number of piperazine rings is 1. The van der Waals surface area contributed by atoms with E-state index >= 15 is 0 Å². The number of hydrogen-bond acceptors (Lipinski definition) is 4. The highest BCUT2D eigenvalue weighted by atomic mass is 15.3. The Morgan fingerprint density at radius 1 is 1.17 bits per heavy atom. The molecular formula is C14H22N4. The molecule has 0 N–H and O–H groups in total. The normalized spacial score (nSPS) is 25.1. The van der Waals surface area contributed by atoms with Gasteiger partial charge in [0.2, 0.25) is 0 Å². The second-order valence-corrected chi connectivity index (χ2v) is 5.70. The zero-order valence-electron chi connectivity index (χ0n) is 11.2. The third-order valence-corrected chi connectivity index (χ3v) is 4.35. The Hall–Kier alpha value is -1.10.